The Morgan fingerprint density at radius 1 is 0.600 bits per heavy atom. The molecule has 0 aromatic heterocycles. The highest BCUT2D eigenvalue weighted by Gasteiger charge is 2.63. The van der Waals surface area contributed by atoms with E-state index in [1.807, 2.05) is 0 Å². The first-order valence-corrected chi connectivity index (χ1v) is 10.6. The molecule has 0 rings (SSSR count). The first kappa shape index (κ1) is 20.2. The van der Waals surface area contributed by atoms with Crippen LogP contribution in [0.3, 0.4) is 0 Å². The zero-order valence-corrected chi connectivity index (χ0v) is 16.7. The lowest BCUT2D eigenvalue weighted by molar-refractivity contribution is 0.309. The molecule has 1 nitrogen and oxygen atoms in total. The molecule has 122 valence electrons. The first-order valence-electron chi connectivity index (χ1n) is 8.66. The summed E-state index contributed by atoms with van der Waals surface area (Å²) in [7, 11) is -2.50. The summed E-state index contributed by atoms with van der Waals surface area (Å²) in [6, 6.07) is 0. The fourth-order valence-corrected chi connectivity index (χ4v) is 12.5. The minimum Gasteiger partial charge on any atom is -0.430 e. The van der Waals surface area contributed by atoms with Crippen molar-refractivity contribution in [3.63, 3.8) is 0 Å². The highest BCUT2D eigenvalue weighted by Crippen LogP contribution is 2.65. The molecule has 0 aliphatic carbocycles. The summed E-state index contributed by atoms with van der Waals surface area (Å²) in [5.41, 5.74) is 0. The van der Waals surface area contributed by atoms with E-state index >= 15 is 0 Å². The van der Waals surface area contributed by atoms with Crippen LogP contribution in [0.25, 0.3) is 0 Å². The Labute approximate surface area is 129 Å². The summed E-state index contributed by atoms with van der Waals surface area (Å²) in [5.74, 6) is 0. The van der Waals surface area contributed by atoms with Gasteiger partial charge >= 0.3 is 0 Å². The van der Waals surface area contributed by atoms with E-state index in [0.717, 1.165) is 38.5 Å². The third kappa shape index (κ3) is 3.49. The molecule has 0 saturated heterocycles. The van der Waals surface area contributed by atoms with Crippen molar-refractivity contribution in [2.75, 3.05) is 0 Å². The van der Waals surface area contributed by atoms with Crippen LogP contribution in [0.15, 0.2) is 0 Å². The van der Waals surface area contributed by atoms with Gasteiger partial charge in [0, 0.05) is 0 Å². The van der Waals surface area contributed by atoms with Gasteiger partial charge in [0.1, 0.15) is 0 Å². The van der Waals surface area contributed by atoms with Gasteiger partial charge in [-0.3, -0.25) is 0 Å². The van der Waals surface area contributed by atoms with Gasteiger partial charge in [-0.05, 0) is 34.4 Å². The van der Waals surface area contributed by atoms with Gasteiger partial charge in [-0.2, -0.15) is 0 Å². The summed E-state index contributed by atoms with van der Waals surface area (Å²) in [6.45, 7) is 20.7. The molecule has 2 heteroatoms. The van der Waals surface area contributed by atoms with E-state index in [4.69, 9.17) is 0 Å². The third-order valence-electron chi connectivity index (χ3n) is 5.56. The van der Waals surface area contributed by atoms with Crippen molar-refractivity contribution >= 4 is 8.32 Å². The number of rotatable bonds is 9. The fraction of sp³-hybridized carbons (Fsp3) is 1.00. The predicted octanol–water partition coefficient (Wildman–Crippen LogP) is 6.67. The normalized spacial score (nSPS) is 14.7. The van der Waals surface area contributed by atoms with E-state index in [1.54, 1.807) is 0 Å². The molecule has 20 heavy (non-hydrogen) atoms. The van der Waals surface area contributed by atoms with Gasteiger partial charge in [-0.25, -0.2) is 0 Å². The molecule has 0 spiro atoms. The quantitative estimate of drug-likeness (QED) is 0.472. The molecule has 0 radical (unpaired) electrons. The minimum atomic E-state index is -2.50. The SMILES string of the molecule is CCCC(C)(C)[Si](O)(C(C)(C)CCC)C(C)(C)CCC. The molecule has 0 aromatic carbocycles. The van der Waals surface area contributed by atoms with E-state index < -0.39 is 8.32 Å². The van der Waals surface area contributed by atoms with E-state index in [0.29, 0.717) is 0 Å². The second-order valence-corrected chi connectivity index (χ2v) is 14.1. The van der Waals surface area contributed by atoms with Crippen LogP contribution < -0.4 is 0 Å². The molecular weight excluding hydrogens is 260 g/mol. The lowest BCUT2D eigenvalue weighted by atomic mass is 10.0. The summed E-state index contributed by atoms with van der Waals surface area (Å²) >= 11 is 0. The van der Waals surface area contributed by atoms with E-state index in [1.165, 1.54) is 0 Å². The van der Waals surface area contributed by atoms with Crippen molar-refractivity contribution in [3.8, 4) is 0 Å². The molecule has 0 bridgehead atoms. The van der Waals surface area contributed by atoms with Crippen LogP contribution in [-0.4, -0.2) is 13.1 Å². The Morgan fingerprint density at radius 2 is 0.800 bits per heavy atom. The fourth-order valence-electron chi connectivity index (χ4n) is 5.17. The second-order valence-electron chi connectivity index (χ2n) is 8.61. The number of hydrogen-bond acceptors (Lipinski definition) is 1. The van der Waals surface area contributed by atoms with Gasteiger partial charge in [0.15, 0.2) is 0 Å². The number of hydrogen-bond donors (Lipinski definition) is 1. The molecule has 0 fully saturated rings. The molecule has 0 atom stereocenters. The van der Waals surface area contributed by atoms with Crippen LogP contribution in [0.1, 0.15) is 101 Å². The topological polar surface area (TPSA) is 20.2 Å². The largest absolute Gasteiger partial charge is 0.430 e. The van der Waals surface area contributed by atoms with Gasteiger partial charge in [0.25, 0.3) is 0 Å². The van der Waals surface area contributed by atoms with Gasteiger partial charge in [-0.1, -0.05) is 81.6 Å². The van der Waals surface area contributed by atoms with Crippen LogP contribution >= 0.6 is 0 Å². The van der Waals surface area contributed by atoms with Gasteiger partial charge in [-0.15, -0.1) is 0 Å². The standard InChI is InChI=1S/C18H40OSi/c1-10-13-16(4,5)20(19,17(6,7)14-11-2)18(8,9)15-12-3/h19H,10-15H2,1-9H3. The van der Waals surface area contributed by atoms with Crippen molar-refractivity contribution in [3.05, 3.63) is 0 Å². The van der Waals surface area contributed by atoms with E-state index in [2.05, 4.69) is 62.3 Å². The smallest absolute Gasteiger partial charge is 0.205 e. The summed E-state index contributed by atoms with van der Waals surface area (Å²) < 4.78 is 0. The van der Waals surface area contributed by atoms with Crippen molar-refractivity contribution < 1.29 is 4.80 Å². The lowest BCUT2D eigenvalue weighted by Crippen LogP contribution is -2.61. The monoisotopic (exact) mass is 300 g/mol. The van der Waals surface area contributed by atoms with E-state index in [-0.39, 0.29) is 15.1 Å². The van der Waals surface area contributed by atoms with Gasteiger partial charge in [0.05, 0.1) is 0 Å². The van der Waals surface area contributed by atoms with Crippen molar-refractivity contribution in [1.29, 1.82) is 0 Å². The van der Waals surface area contributed by atoms with Crippen LogP contribution in [0.5, 0.6) is 0 Å². The molecular formula is C18H40OSi. The molecule has 0 aromatic rings. The predicted molar refractivity (Wildman–Crippen MR) is 94.8 cm³/mol. The summed E-state index contributed by atoms with van der Waals surface area (Å²) in [6.07, 6.45) is 6.88. The second kappa shape index (κ2) is 6.96. The lowest BCUT2D eigenvalue weighted by Gasteiger charge is -2.58. The van der Waals surface area contributed by atoms with E-state index in [9.17, 15) is 4.80 Å². The Bertz CT molecular complexity index is 246. The zero-order valence-electron chi connectivity index (χ0n) is 15.7. The van der Waals surface area contributed by atoms with Crippen LogP contribution in [-0.2, 0) is 0 Å². The highest BCUT2D eigenvalue weighted by molar-refractivity contribution is 6.81. The van der Waals surface area contributed by atoms with Crippen LogP contribution in [0.2, 0.25) is 15.1 Å². The molecule has 0 aliphatic rings. The Kier molecular flexibility index (Phi) is 7.02. The van der Waals surface area contributed by atoms with Crippen LogP contribution in [0, 0.1) is 0 Å². The maximum atomic E-state index is 12.1. The Balaban J connectivity index is 5.92. The maximum Gasteiger partial charge on any atom is 0.205 e. The highest BCUT2D eigenvalue weighted by atomic mass is 28.4. The minimum absolute atomic E-state index is 0.0685. The third-order valence-corrected chi connectivity index (χ3v) is 12.2. The molecule has 1 N–H and O–H groups in total. The van der Waals surface area contributed by atoms with Crippen molar-refractivity contribution in [1.82, 2.24) is 0 Å². The Morgan fingerprint density at radius 3 is 0.950 bits per heavy atom. The average Bonchev–Trinajstić information content (AvgIpc) is 2.26. The average molecular weight is 301 g/mol. The first-order chi connectivity index (χ1) is 8.93. The molecule has 0 amide bonds. The van der Waals surface area contributed by atoms with Crippen LogP contribution in [0.4, 0.5) is 0 Å². The molecule has 0 heterocycles. The Hall–Kier alpha value is 0.177. The maximum absolute atomic E-state index is 12.1. The molecule has 0 saturated carbocycles. The van der Waals surface area contributed by atoms with Gasteiger partial charge in [0.2, 0.25) is 8.32 Å². The summed E-state index contributed by atoms with van der Waals surface area (Å²) in [5, 5.41) is 0.206. The van der Waals surface area contributed by atoms with Crippen molar-refractivity contribution in [2.24, 2.45) is 0 Å². The molecule has 0 aliphatic heterocycles. The summed E-state index contributed by atoms with van der Waals surface area (Å²) in [4.78, 5) is 12.1. The van der Waals surface area contributed by atoms with Crippen molar-refractivity contribution in [2.45, 2.75) is 116 Å². The molecule has 0 unspecified atom stereocenters. The van der Waals surface area contributed by atoms with Gasteiger partial charge < -0.3 is 4.80 Å². The zero-order chi connectivity index (χ0) is 16.2.